The van der Waals surface area contributed by atoms with Crippen LogP contribution in [0.4, 0.5) is 0 Å². The van der Waals surface area contributed by atoms with Gasteiger partial charge < -0.3 is 20.3 Å². The number of carbonyl (C=O) groups excluding carboxylic acids is 1. The molecule has 3 N–H and O–H groups in total. The Bertz CT molecular complexity index is 484. The van der Waals surface area contributed by atoms with Crippen molar-refractivity contribution in [3.8, 4) is 11.5 Å². The second kappa shape index (κ2) is 6.37. The van der Waals surface area contributed by atoms with Gasteiger partial charge in [0, 0.05) is 12.1 Å². The van der Waals surface area contributed by atoms with Crippen LogP contribution in [0.1, 0.15) is 10.4 Å². The predicted octanol–water partition coefficient (Wildman–Crippen LogP) is 2.46. The minimum Gasteiger partial charge on any atom is -0.499 e. The van der Waals surface area contributed by atoms with Crippen LogP contribution in [0.5, 0.6) is 11.5 Å². The molecule has 1 rings (SSSR count). The summed E-state index contributed by atoms with van der Waals surface area (Å²) in [6.45, 7) is 0.0240. The number of carbonyl (C=O) groups is 1. The normalized spacial score (nSPS) is 11.2. The number of nitrogens with two attached hydrogens (primary N) is 1. The molecule has 98 valence electrons. The molecule has 1 amide bonds. The topological polar surface area (TPSA) is 81.8 Å². The van der Waals surface area contributed by atoms with E-state index in [1.165, 1.54) is 25.3 Å². The Morgan fingerprint density at radius 1 is 1.56 bits per heavy atom. The monoisotopic (exact) mass is 291 g/mol. The predicted molar refractivity (Wildman–Crippen MR) is 68.6 cm³/mol. The Hall–Kier alpha value is -1.59. The molecule has 0 saturated carbocycles. The Morgan fingerprint density at radius 2 is 2.22 bits per heavy atom. The summed E-state index contributed by atoms with van der Waals surface area (Å²) in [5, 5.41) is 8.55. The van der Waals surface area contributed by atoms with Crippen LogP contribution in [-0.2, 0) is 0 Å². The number of methoxy groups -OCH3 is 1. The van der Waals surface area contributed by atoms with Crippen LogP contribution in [-0.4, -0.2) is 24.7 Å². The molecule has 0 saturated heterocycles. The number of aliphatic hydroxyl groups is 1. The van der Waals surface area contributed by atoms with Gasteiger partial charge in [-0.3, -0.25) is 4.79 Å². The molecule has 0 aliphatic heterocycles. The van der Waals surface area contributed by atoms with E-state index in [1.807, 2.05) is 0 Å². The highest BCUT2D eigenvalue weighted by Crippen LogP contribution is 2.33. The van der Waals surface area contributed by atoms with E-state index >= 15 is 0 Å². The summed E-state index contributed by atoms with van der Waals surface area (Å²) in [6, 6.07) is 2.86. The van der Waals surface area contributed by atoms with E-state index in [-0.39, 0.29) is 28.2 Å². The molecule has 0 unspecified atom stereocenters. The van der Waals surface area contributed by atoms with Crippen LogP contribution >= 0.6 is 23.2 Å². The first-order valence-corrected chi connectivity index (χ1v) is 5.56. The molecule has 1 aromatic rings. The summed E-state index contributed by atoms with van der Waals surface area (Å²) in [5.74, 6) is -0.189. The Kier molecular flexibility index (Phi) is 5.12. The lowest BCUT2D eigenvalue weighted by atomic mass is 10.2. The van der Waals surface area contributed by atoms with Crippen molar-refractivity contribution >= 4 is 29.1 Å². The van der Waals surface area contributed by atoms with Gasteiger partial charge in [0.2, 0.25) is 0 Å². The maximum atomic E-state index is 11.2. The second-order valence-electron chi connectivity index (χ2n) is 3.19. The van der Waals surface area contributed by atoms with E-state index in [1.54, 1.807) is 0 Å². The highest BCUT2D eigenvalue weighted by Gasteiger charge is 2.15. The molecular weight excluding hydrogens is 281 g/mol. The number of hydrogen-bond acceptors (Lipinski definition) is 4. The Labute approximate surface area is 114 Å². The number of amides is 1. The second-order valence-corrected chi connectivity index (χ2v) is 3.98. The van der Waals surface area contributed by atoms with E-state index in [4.69, 9.17) is 43.5 Å². The van der Waals surface area contributed by atoms with Crippen molar-refractivity contribution in [1.29, 1.82) is 0 Å². The van der Waals surface area contributed by atoms with Crippen molar-refractivity contribution < 1.29 is 19.4 Å². The third-order valence-electron chi connectivity index (χ3n) is 1.99. The first-order valence-electron chi connectivity index (χ1n) is 4.80. The average molecular weight is 292 g/mol. The third kappa shape index (κ3) is 3.72. The van der Waals surface area contributed by atoms with Crippen molar-refractivity contribution in [1.82, 2.24) is 0 Å². The van der Waals surface area contributed by atoms with Gasteiger partial charge >= 0.3 is 0 Å². The molecule has 7 heteroatoms. The first-order chi connectivity index (χ1) is 8.45. The van der Waals surface area contributed by atoms with E-state index in [0.29, 0.717) is 5.75 Å². The average Bonchev–Trinajstić information content (AvgIpc) is 2.27. The van der Waals surface area contributed by atoms with Crippen LogP contribution in [0, 0.1) is 0 Å². The van der Waals surface area contributed by atoms with Gasteiger partial charge in [0.15, 0.2) is 5.22 Å². The largest absolute Gasteiger partial charge is 0.499 e. The summed E-state index contributed by atoms with van der Waals surface area (Å²) in [4.78, 5) is 11.2. The van der Waals surface area contributed by atoms with Crippen LogP contribution in [0.3, 0.4) is 0 Å². The Morgan fingerprint density at radius 3 is 2.72 bits per heavy atom. The number of benzene rings is 1. The summed E-state index contributed by atoms with van der Waals surface area (Å²) < 4.78 is 10.2. The maximum Gasteiger partial charge on any atom is 0.252 e. The van der Waals surface area contributed by atoms with Crippen molar-refractivity contribution in [2.45, 2.75) is 0 Å². The van der Waals surface area contributed by atoms with Gasteiger partial charge in [0.25, 0.3) is 5.91 Å². The molecule has 0 aliphatic carbocycles. The molecule has 0 heterocycles. The van der Waals surface area contributed by atoms with E-state index in [0.717, 1.165) is 0 Å². The summed E-state index contributed by atoms with van der Waals surface area (Å²) in [7, 11) is 1.38. The quantitative estimate of drug-likeness (QED) is 0.817. The van der Waals surface area contributed by atoms with E-state index < -0.39 is 5.91 Å². The van der Waals surface area contributed by atoms with Gasteiger partial charge in [-0.2, -0.15) is 0 Å². The van der Waals surface area contributed by atoms with Crippen molar-refractivity contribution in [3.63, 3.8) is 0 Å². The zero-order valence-corrected chi connectivity index (χ0v) is 11.0. The molecule has 0 aliphatic rings. The van der Waals surface area contributed by atoms with Gasteiger partial charge in [0.05, 0.1) is 17.7 Å². The van der Waals surface area contributed by atoms with Gasteiger partial charge in [-0.15, -0.1) is 0 Å². The number of primary amides is 1. The van der Waals surface area contributed by atoms with Gasteiger partial charge in [-0.05, 0) is 17.7 Å². The summed E-state index contributed by atoms with van der Waals surface area (Å²) >= 11 is 11.1. The van der Waals surface area contributed by atoms with E-state index in [9.17, 15) is 4.79 Å². The number of ether oxygens (including phenoxy) is 2. The zero-order chi connectivity index (χ0) is 13.7. The fourth-order valence-electron chi connectivity index (χ4n) is 1.25. The minimum absolute atomic E-state index is 0.0240. The number of hydrogen-bond donors (Lipinski definition) is 2. The van der Waals surface area contributed by atoms with Gasteiger partial charge in [-0.1, -0.05) is 11.6 Å². The molecule has 0 spiro atoms. The minimum atomic E-state index is -0.685. The highest BCUT2D eigenvalue weighted by atomic mass is 35.5. The number of halogens is 2. The molecule has 0 atom stereocenters. The summed E-state index contributed by atoms with van der Waals surface area (Å²) in [5.41, 5.74) is 5.31. The molecular formula is C11H11Cl2NO4. The molecule has 18 heavy (non-hydrogen) atoms. The molecule has 0 bridgehead atoms. The fourth-order valence-corrected chi connectivity index (χ4v) is 1.60. The zero-order valence-electron chi connectivity index (χ0n) is 9.44. The van der Waals surface area contributed by atoms with Gasteiger partial charge in [-0.25, -0.2) is 0 Å². The fraction of sp³-hybridized carbons (Fsp3) is 0.182. The smallest absolute Gasteiger partial charge is 0.252 e. The van der Waals surface area contributed by atoms with Crippen molar-refractivity contribution in [2.75, 3.05) is 13.7 Å². The van der Waals surface area contributed by atoms with Crippen molar-refractivity contribution in [2.24, 2.45) is 5.73 Å². The standard InChI is InChI=1S/C11H11Cl2NO4/c1-17-10-7(11(14)16)4-6(5-8(10)12)18-3-2-9(13)15/h2,4-5,15H,3H2,1H3,(H2,14,16)/b9-2+. The third-order valence-corrected chi connectivity index (χ3v) is 2.42. The molecule has 0 fully saturated rings. The van der Waals surface area contributed by atoms with E-state index in [2.05, 4.69) is 0 Å². The van der Waals surface area contributed by atoms with Crippen LogP contribution < -0.4 is 15.2 Å². The maximum absolute atomic E-state index is 11.2. The van der Waals surface area contributed by atoms with Gasteiger partial charge in [0.1, 0.15) is 18.1 Å². The lowest BCUT2D eigenvalue weighted by Crippen LogP contribution is -2.13. The summed E-state index contributed by atoms with van der Waals surface area (Å²) in [6.07, 6.45) is 1.24. The number of rotatable bonds is 5. The highest BCUT2D eigenvalue weighted by molar-refractivity contribution is 6.32. The van der Waals surface area contributed by atoms with Crippen LogP contribution in [0.25, 0.3) is 0 Å². The number of aliphatic hydroxyl groups excluding tert-OH is 1. The Balaban J connectivity index is 3.02. The molecule has 5 nitrogen and oxygen atoms in total. The molecule has 1 aromatic carbocycles. The van der Waals surface area contributed by atoms with Crippen molar-refractivity contribution in [3.05, 3.63) is 34.0 Å². The lowest BCUT2D eigenvalue weighted by Gasteiger charge is -2.11. The first kappa shape index (κ1) is 14.5. The van der Waals surface area contributed by atoms with Crippen LogP contribution in [0.15, 0.2) is 23.4 Å². The molecule has 0 radical (unpaired) electrons. The molecule has 0 aromatic heterocycles. The lowest BCUT2D eigenvalue weighted by molar-refractivity contribution is 0.0997. The van der Waals surface area contributed by atoms with Crippen LogP contribution in [0.2, 0.25) is 5.02 Å². The SMILES string of the molecule is COc1c(Cl)cc(OC/C=C(/O)Cl)cc1C(N)=O.